The summed E-state index contributed by atoms with van der Waals surface area (Å²) in [6, 6.07) is 11.7. The summed E-state index contributed by atoms with van der Waals surface area (Å²) in [6.07, 6.45) is 7.95. The van der Waals surface area contributed by atoms with Gasteiger partial charge in [-0.1, -0.05) is 77.6 Å². The summed E-state index contributed by atoms with van der Waals surface area (Å²) in [6.45, 7) is 8.45. The first-order valence-corrected chi connectivity index (χ1v) is 19.7. The third-order valence-electron chi connectivity index (χ3n) is 4.92. The monoisotopic (exact) mass is 674 g/mol. The Labute approximate surface area is 244 Å². The molecular formula is C24H34MoO4P2S4. The molecule has 11 heteroatoms. The first-order chi connectivity index (χ1) is 16.0. The summed E-state index contributed by atoms with van der Waals surface area (Å²) in [5.74, 6) is 0. The quantitative estimate of drug-likeness (QED) is 0.223. The molecule has 0 aliphatic carbocycles. The van der Waals surface area contributed by atoms with Crippen molar-refractivity contribution >= 4 is 57.8 Å². The number of aryl methyl sites for hydroxylation is 2. The molecule has 0 amide bonds. The Morgan fingerprint density at radius 1 is 0.600 bits per heavy atom. The van der Waals surface area contributed by atoms with Crippen LogP contribution in [0.25, 0.3) is 0 Å². The molecule has 0 saturated carbocycles. The molecule has 35 heavy (non-hydrogen) atoms. The van der Waals surface area contributed by atoms with Crippen molar-refractivity contribution in [3.8, 4) is 0 Å². The molecular weight excluding hydrogens is 638 g/mol. The van der Waals surface area contributed by atoms with Gasteiger partial charge in [0.1, 0.15) is 0 Å². The second-order valence-corrected chi connectivity index (χ2v) is 19.1. The molecule has 4 nitrogen and oxygen atoms in total. The Bertz CT molecular complexity index is 916. The van der Waals surface area contributed by atoms with Gasteiger partial charge in [0.05, 0.1) is 0 Å². The van der Waals surface area contributed by atoms with Gasteiger partial charge in [-0.15, -0.1) is 46.4 Å². The van der Waals surface area contributed by atoms with E-state index in [4.69, 9.17) is 0 Å². The predicted octanol–water partition coefficient (Wildman–Crippen LogP) is 5.26. The van der Waals surface area contributed by atoms with Gasteiger partial charge in [-0.2, -0.15) is 11.4 Å². The minimum atomic E-state index is -3.73. The van der Waals surface area contributed by atoms with Crippen LogP contribution in [0.15, 0.2) is 46.2 Å². The smallest absolute Gasteiger partial charge is 0.824 e. The van der Waals surface area contributed by atoms with Crippen LogP contribution in [0.2, 0.25) is 0 Å². The van der Waals surface area contributed by atoms with Crippen LogP contribution in [0, 0.1) is 0 Å². The minimum absolute atomic E-state index is 0. The predicted molar refractivity (Wildman–Crippen MR) is 149 cm³/mol. The number of rotatable bonds is 12. The summed E-state index contributed by atoms with van der Waals surface area (Å²) in [4.78, 5) is 46.5. The minimum Gasteiger partial charge on any atom is -0.824 e. The number of hydrogen-bond donors (Lipinski definition) is 0. The Morgan fingerprint density at radius 3 is 1.17 bits per heavy atom. The molecule has 0 aliphatic heterocycles. The Kier molecular flexibility index (Phi) is 18.8. The maximum absolute atomic E-state index is 11.2. The van der Waals surface area contributed by atoms with E-state index in [1.54, 1.807) is 0 Å². The van der Waals surface area contributed by atoms with Crippen molar-refractivity contribution in [3.63, 3.8) is 0 Å². The molecule has 0 saturated heterocycles. The average molecular weight is 673 g/mol. The molecule has 2 aromatic rings. The molecule has 0 spiro atoms. The molecule has 0 N–H and O–H groups in total. The normalized spacial score (nSPS) is 11.4. The van der Waals surface area contributed by atoms with Crippen molar-refractivity contribution in [1.29, 1.82) is 0 Å². The van der Waals surface area contributed by atoms with E-state index in [0.29, 0.717) is 0 Å². The summed E-state index contributed by atoms with van der Waals surface area (Å²) in [7, 11) is 0. The zero-order chi connectivity index (χ0) is 25.8. The molecule has 194 valence electrons. The first kappa shape index (κ1) is 36.0. The van der Waals surface area contributed by atoms with Gasteiger partial charge in [0.15, 0.2) is 0 Å². The van der Waals surface area contributed by atoms with Gasteiger partial charge in [-0.25, -0.2) is 0 Å². The van der Waals surface area contributed by atoms with E-state index < -0.39 is 11.4 Å². The van der Waals surface area contributed by atoms with Gasteiger partial charge in [-0.3, -0.25) is 0 Å². The van der Waals surface area contributed by atoms with E-state index >= 15 is 0 Å². The fourth-order valence-electron chi connectivity index (χ4n) is 3.71. The standard InChI is InChI=1S/2C12H19O2PS2.Mo/c2*1-3-6-10-8-5-9-12(11(10)7-4-2)17-15(13,14)16;/h2*5,8-9H,3-4,6-7H2,1-2H3,(H2,13,14,16);/q;;+4/p-4. The van der Waals surface area contributed by atoms with Crippen molar-refractivity contribution < 1.29 is 40.6 Å². The van der Waals surface area contributed by atoms with E-state index in [0.717, 1.165) is 95.0 Å². The Balaban J connectivity index is 0.000000642. The van der Waals surface area contributed by atoms with Crippen LogP contribution in [0.4, 0.5) is 0 Å². The van der Waals surface area contributed by atoms with Crippen LogP contribution in [0.1, 0.15) is 75.6 Å². The van der Waals surface area contributed by atoms with Crippen LogP contribution in [0.5, 0.6) is 0 Å². The second kappa shape index (κ2) is 18.3. The average Bonchev–Trinajstić information content (AvgIpc) is 2.71. The van der Waals surface area contributed by atoms with Crippen LogP contribution in [-0.4, -0.2) is 0 Å². The van der Waals surface area contributed by atoms with Crippen molar-refractivity contribution in [2.45, 2.75) is 88.9 Å². The van der Waals surface area contributed by atoms with Crippen molar-refractivity contribution in [2.24, 2.45) is 0 Å². The summed E-state index contributed by atoms with van der Waals surface area (Å²) in [5.41, 5.74) is -2.64. The zero-order valence-corrected chi connectivity index (χ0v) is 27.8. The Hall–Kier alpha value is 0.968. The molecule has 0 atom stereocenters. The molecule has 0 heterocycles. The zero-order valence-electron chi connectivity index (χ0n) is 20.7. The molecule has 0 aromatic heterocycles. The van der Waals surface area contributed by atoms with Gasteiger partial charge in [0.2, 0.25) is 0 Å². The van der Waals surface area contributed by atoms with E-state index in [9.17, 15) is 19.6 Å². The van der Waals surface area contributed by atoms with Gasteiger partial charge in [0, 0.05) is 9.79 Å². The molecule has 2 aromatic carbocycles. The van der Waals surface area contributed by atoms with Gasteiger partial charge in [-0.05, 0) is 60.1 Å². The second-order valence-electron chi connectivity index (χ2n) is 7.86. The number of benzene rings is 2. The van der Waals surface area contributed by atoms with Crippen molar-refractivity contribution in [3.05, 3.63) is 58.7 Å². The maximum atomic E-state index is 11.2. The van der Waals surface area contributed by atoms with Crippen LogP contribution < -0.4 is 19.6 Å². The topological polar surface area (TPSA) is 92.2 Å². The largest absolute Gasteiger partial charge is 4.00 e. The summed E-state index contributed by atoms with van der Waals surface area (Å²) < 4.78 is 0. The summed E-state index contributed by atoms with van der Waals surface area (Å²) >= 11 is 10.6. The molecule has 0 aliphatic rings. The third-order valence-corrected chi connectivity index (χ3v) is 10.4. The van der Waals surface area contributed by atoms with Crippen LogP contribution in [0.3, 0.4) is 0 Å². The summed E-state index contributed by atoms with van der Waals surface area (Å²) in [5, 5.41) is 0. The SMILES string of the molecule is CCCc1cccc(SP([O-])([O-])=S)c1CCC.CCCc1cccc(SP([O-])([O-])=S)c1CCC.[Mo+4]. The maximum Gasteiger partial charge on any atom is 4.00 e. The van der Waals surface area contributed by atoms with Crippen LogP contribution >= 0.6 is 34.2 Å². The van der Waals surface area contributed by atoms with Gasteiger partial charge >= 0.3 is 21.1 Å². The molecule has 0 unspecified atom stereocenters. The van der Waals surface area contributed by atoms with Gasteiger partial charge in [0.25, 0.3) is 0 Å². The van der Waals surface area contributed by atoms with E-state index in [1.165, 1.54) is 11.1 Å². The first-order valence-electron chi connectivity index (χ1n) is 11.6. The van der Waals surface area contributed by atoms with E-state index in [-0.39, 0.29) is 21.1 Å². The van der Waals surface area contributed by atoms with Gasteiger partial charge < -0.3 is 19.6 Å². The number of hydrogen-bond acceptors (Lipinski definition) is 8. The fourth-order valence-corrected chi connectivity index (χ4v) is 9.07. The third kappa shape index (κ3) is 14.6. The van der Waals surface area contributed by atoms with E-state index in [2.05, 4.69) is 63.4 Å². The molecule has 2 rings (SSSR count). The van der Waals surface area contributed by atoms with E-state index in [1.807, 2.05) is 24.3 Å². The fraction of sp³-hybridized carbons (Fsp3) is 0.500. The molecule has 0 radical (unpaired) electrons. The van der Waals surface area contributed by atoms with Crippen molar-refractivity contribution in [2.75, 3.05) is 0 Å². The Morgan fingerprint density at radius 2 is 0.914 bits per heavy atom. The van der Waals surface area contributed by atoms with Crippen molar-refractivity contribution in [1.82, 2.24) is 0 Å². The molecule has 0 bridgehead atoms. The van der Waals surface area contributed by atoms with Crippen LogP contribution in [-0.2, 0) is 70.4 Å². The molecule has 0 fully saturated rings.